The van der Waals surface area contributed by atoms with Crippen molar-refractivity contribution >= 4 is 23.3 Å². The maximum atomic E-state index is 14.0. The molecule has 1 aromatic heterocycles. The number of benzene rings is 2. The topological polar surface area (TPSA) is 86.9 Å². The van der Waals surface area contributed by atoms with E-state index in [4.69, 9.17) is 0 Å². The number of nitrogens with zero attached hydrogens (tertiary/aromatic N) is 1. The van der Waals surface area contributed by atoms with Crippen molar-refractivity contribution in [2.75, 3.05) is 10.6 Å². The fraction of sp³-hybridized carbons (Fsp3) is 0.150. The molecule has 3 N–H and O–H groups in total. The van der Waals surface area contributed by atoms with Gasteiger partial charge in [-0.15, -0.1) is 0 Å². The van der Waals surface area contributed by atoms with Gasteiger partial charge in [0.25, 0.3) is 5.91 Å². The molecular weight excluding hydrogens is 347 g/mol. The summed E-state index contributed by atoms with van der Waals surface area (Å²) < 4.78 is 14.0. The molecule has 2 heterocycles. The van der Waals surface area contributed by atoms with Crippen molar-refractivity contribution in [2.24, 2.45) is 0 Å². The van der Waals surface area contributed by atoms with E-state index in [9.17, 15) is 14.0 Å². The van der Waals surface area contributed by atoms with Crippen LogP contribution in [0.25, 0.3) is 11.3 Å². The minimum absolute atomic E-state index is 0.0212. The zero-order valence-corrected chi connectivity index (χ0v) is 14.6. The van der Waals surface area contributed by atoms with Crippen LogP contribution in [0.15, 0.2) is 42.5 Å². The predicted molar refractivity (Wildman–Crippen MR) is 100 cm³/mol. The lowest BCUT2D eigenvalue weighted by Crippen LogP contribution is -2.20. The molecule has 0 saturated heterocycles. The molecular formula is C20H17FN4O2. The lowest BCUT2D eigenvalue weighted by atomic mass is 10.00. The number of nitrogens with one attached hydrogen (secondary N) is 3. The number of amides is 2. The highest BCUT2D eigenvalue weighted by Crippen LogP contribution is 2.26. The van der Waals surface area contributed by atoms with E-state index in [1.54, 1.807) is 36.4 Å². The second-order valence-electron chi connectivity index (χ2n) is 6.52. The molecule has 3 aromatic rings. The number of aryl methyl sites for hydroxylation is 2. The molecule has 0 unspecified atom stereocenters. The normalized spacial score (nSPS) is 13.0. The summed E-state index contributed by atoms with van der Waals surface area (Å²) in [6.07, 6.45) is 1.00. The summed E-state index contributed by atoms with van der Waals surface area (Å²) in [7, 11) is 0. The second-order valence-corrected chi connectivity index (χ2v) is 6.52. The molecule has 1 aliphatic heterocycles. The largest absolute Gasteiger partial charge is 0.326 e. The van der Waals surface area contributed by atoms with E-state index in [0.29, 0.717) is 35.5 Å². The number of anilines is 2. The third kappa shape index (κ3) is 3.44. The molecule has 0 fully saturated rings. The van der Waals surface area contributed by atoms with Gasteiger partial charge in [0.1, 0.15) is 5.82 Å². The van der Waals surface area contributed by atoms with Gasteiger partial charge in [-0.2, -0.15) is 5.10 Å². The molecule has 1 aliphatic rings. The molecule has 2 aromatic carbocycles. The van der Waals surface area contributed by atoms with Gasteiger partial charge in [-0.1, -0.05) is 11.6 Å². The van der Waals surface area contributed by atoms with Crippen LogP contribution in [0.2, 0.25) is 0 Å². The number of carbonyl (C=O) groups excluding carboxylic acids is 2. The summed E-state index contributed by atoms with van der Waals surface area (Å²) in [5.41, 5.74) is 3.93. The van der Waals surface area contributed by atoms with Crippen molar-refractivity contribution in [3.63, 3.8) is 0 Å². The van der Waals surface area contributed by atoms with Gasteiger partial charge in [0.15, 0.2) is 5.82 Å². The van der Waals surface area contributed by atoms with Crippen molar-refractivity contribution in [1.82, 2.24) is 10.2 Å². The van der Waals surface area contributed by atoms with Crippen molar-refractivity contribution in [3.8, 4) is 11.3 Å². The van der Waals surface area contributed by atoms with E-state index in [1.165, 1.54) is 6.07 Å². The summed E-state index contributed by atoms with van der Waals surface area (Å²) in [6, 6.07) is 11.5. The second kappa shape index (κ2) is 6.68. The van der Waals surface area contributed by atoms with Gasteiger partial charge in [0.05, 0.1) is 5.69 Å². The van der Waals surface area contributed by atoms with Crippen LogP contribution in [0.5, 0.6) is 0 Å². The van der Waals surface area contributed by atoms with Gasteiger partial charge in [-0.25, -0.2) is 4.39 Å². The summed E-state index contributed by atoms with van der Waals surface area (Å²) in [4.78, 5) is 23.9. The zero-order chi connectivity index (χ0) is 19.0. The number of fused-ring (bicyclic) bond motifs is 1. The Morgan fingerprint density at radius 1 is 1.15 bits per heavy atom. The Morgan fingerprint density at radius 2 is 2.00 bits per heavy atom. The molecule has 0 radical (unpaired) electrons. The molecule has 0 atom stereocenters. The van der Waals surface area contributed by atoms with Crippen LogP contribution >= 0.6 is 0 Å². The van der Waals surface area contributed by atoms with Crippen LogP contribution in [0.1, 0.15) is 27.9 Å². The summed E-state index contributed by atoms with van der Waals surface area (Å²) >= 11 is 0. The van der Waals surface area contributed by atoms with E-state index in [0.717, 1.165) is 16.8 Å². The van der Waals surface area contributed by atoms with Crippen molar-refractivity contribution in [2.45, 2.75) is 19.8 Å². The SMILES string of the molecule is Cc1ccc(F)c(-c2cc(NC(=O)c3ccc4c(c3)CCC(=O)N4)n[nH]2)c1. The first-order valence-electron chi connectivity index (χ1n) is 8.55. The quantitative estimate of drug-likeness (QED) is 0.663. The van der Waals surface area contributed by atoms with Gasteiger partial charge >= 0.3 is 0 Å². The van der Waals surface area contributed by atoms with Gasteiger partial charge in [0, 0.05) is 29.3 Å². The molecule has 7 heteroatoms. The molecule has 2 amide bonds. The maximum Gasteiger partial charge on any atom is 0.256 e. The van der Waals surface area contributed by atoms with Crippen LogP contribution in [-0.4, -0.2) is 22.0 Å². The number of halogens is 1. The molecule has 6 nitrogen and oxygen atoms in total. The highest BCUT2D eigenvalue weighted by molar-refractivity contribution is 6.05. The predicted octanol–water partition coefficient (Wildman–Crippen LogP) is 3.66. The first-order chi connectivity index (χ1) is 13.0. The molecule has 4 rings (SSSR count). The summed E-state index contributed by atoms with van der Waals surface area (Å²) in [5.74, 6) is -0.398. The monoisotopic (exact) mass is 364 g/mol. The van der Waals surface area contributed by atoms with Crippen molar-refractivity contribution in [3.05, 3.63) is 65.0 Å². The fourth-order valence-corrected chi connectivity index (χ4v) is 3.08. The average molecular weight is 364 g/mol. The third-order valence-corrected chi connectivity index (χ3v) is 4.49. The highest BCUT2D eigenvalue weighted by atomic mass is 19.1. The Kier molecular flexibility index (Phi) is 4.19. The number of rotatable bonds is 3. The Bertz CT molecular complexity index is 1060. The van der Waals surface area contributed by atoms with Crippen LogP contribution < -0.4 is 10.6 Å². The zero-order valence-electron chi connectivity index (χ0n) is 14.6. The van der Waals surface area contributed by atoms with Crippen molar-refractivity contribution < 1.29 is 14.0 Å². The Balaban J connectivity index is 1.53. The van der Waals surface area contributed by atoms with Crippen LogP contribution in [0, 0.1) is 12.7 Å². The van der Waals surface area contributed by atoms with Crippen molar-refractivity contribution in [1.29, 1.82) is 0 Å². The van der Waals surface area contributed by atoms with Gasteiger partial charge in [-0.05, 0) is 49.2 Å². The standard InChI is InChI=1S/C20H17FN4O2/c1-11-2-5-15(21)14(8-11)17-10-18(25-24-17)23-20(27)13-3-6-16-12(9-13)4-7-19(26)22-16/h2-3,5-6,8-10H,4,7H2,1H3,(H,22,26)(H2,23,24,25,27). The first-order valence-corrected chi connectivity index (χ1v) is 8.55. The minimum Gasteiger partial charge on any atom is -0.326 e. The number of aromatic amines is 1. The fourth-order valence-electron chi connectivity index (χ4n) is 3.08. The minimum atomic E-state index is -0.362. The molecule has 136 valence electrons. The Hall–Kier alpha value is -3.48. The molecule has 0 spiro atoms. The number of aromatic nitrogens is 2. The lowest BCUT2D eigenvalue weighted by Gasteiger charge is -2.17. The summed E-state index contributed by atoms with van der Waals surface area (Å²) in [6.45, 7) is 1.88. The van der Waals surface area contributed by atoms with Gasteiger partial charge in [0.2, 0.25) is 5.91 Å². The number of H-pyrrole nitrogens is 1. The summed E-state index contributed by atoms with van der Waals surface area (Å²) in [5, 5.41) is 12.3. The number of hydrogen-bond donors (Lipinski definition) is 3. The first kappa shape index (κ1) is 17.0. The smallest absolute Gasteiger partial charge is 0.256 e. The Labute approximate surface area is 154 Å². The molecule has 0 bridgehead atoms. The van der Waals surface area contributed by atoms with Gasteiger partial charge < -0.3 is 10.6 Å². The van der Waals surface area contributed by atoms with E-state index >= 15 is 0 Å². The maximum absolute atomic E-state index is 14.0. The van der Waals surface area contributed by atoms with Crippen LogP contribution in [-0.2, 0) is 11.2 Å². The van der Waals surface area contributed by atoms with Crippen LogP contribution in [0.4, 0.5) is 15.9 Å². The van der Waals surface area contributed by atoms with E-state index < -0.39 is 0 Å². The highest BCUT2D eigenvalue weighted by Gasteiger charge is 2.17. The lowest BCUT2D eigenvalue weighted by molar-refractivity contribution is -0.116. The Morgan fingerprint density at radius 3 is 2.85 bits per heavy atom. The number of carbonyl (C=O) groups is 2. The van der Waals surface area contributed by atoms with Gasteiger partial charge in [-0.3, -0.25) is 14.7 Å². The van der Waals surface area contributed by atoms with E-state index in [1.807, 2.05) is 6.92 Å². The molecule has 27 heavy (non-hydrogen) atoms. The average Bonchev–Trinajstić information content (AvgIpc) is 3.11. The molecule has 0 aliphatic carbocycles. The van der Waals surface area contributed by atoms with E-state index in [2.05, 4.69) is 20.8 Å². The van der Waals surface area contributed by atoms with Crippen LogP contribution in [0.3, 0.4) is 0 Å². The molecule has 0 saturated carbocycles. The number of hydrogen-bond acceptors (Lipinski definition) is 3. The third-order valence-electron chi connectivity index (χ3n) is 4.49. The van der Waals surface area contributed by atoms with E-state index in [-0.39, 0.29) is 17.6 Å².